The van der Waals surface area contributed by atoms with Crippen LogP contribution in [-0.4, -0.2) is 30.6 Å². The summed E-state index contributed by atoms with van der Waals surface area (Å²) >= 11 is 0. The zero-order valence-electron chi connectivity index (χ0n) is 14.0. The van der Waals surface area contributed by atoms with Crippen LogP contribution in [0.15, 0.2) is 41.0 Å². The van der Waals surface area contributed by atoms with Crippen molar-refractivity contribution >= 4 is 11.0 Å². The third kappa shape index (κ3) is 2.67. The highest BCUT2D eigenvalue weighted by Gasteiger charge is 2.33. The summed E-state index contributed by atoms with van der Waals surface area (Å²) < 4.78 is 11.1. The van der Waals surface area contributed by atoms with Gasteiger partial charge in [0.2, 0.25) is 0 Å². The van der Waals surface area contributed by atoms with Crippen LogP contribution >= 0.6 is 0 Å². The zero-order chi connectivity index (χ0) is 15.8. The van der Waals surface area contributed by atoms with Crippen LogP contribution in [0.5, 0.6) is 5.75 Å². The van der Waals surface area contributed by atoms with Crippen LogP contribution in [0.25, 0.3) is 11.0 Å². The predicted molar refractivity (Wildman–Crippen MR) is 92.9 cm³/mol. The van der Waals surface area contributed by atoms with Crippen LogP contribution in [0.3, 0.4) is 0 Å². The number of rotatable bonds is 5. The smallest absolute Gasteiger partial charge is 0.134 e. The molecule has 0 N–H and O–H groups in total. The van der Waals surface area contributed by atoms with Crippen LogP contribution < -0.4 is 4.74 Å². The highest BCUT2D eigenvalue weighted by atomic mass is 16.5. The molecule has 2 bridgehead atoms. The van der Waals surface area contributed by atoms with Crippen LogP contribution in [0.1, 0.15) is 31.7 Å². The van der Waals surface area contributed by atoms with Crippen molar-refractivity contribution in [2.75, 3.05) is 13.7 Å². The molecule has 3 atom stereocenters. The Morgan fingerprint density at radius 3 is 2.87 bits per heavy atom. The number of hydrogen-bond acceptors (Lipinski definition) is 3. The maximum atomic E-state index is 5.76. The average Bonchev–Trinajstić information content (AvgIpc) is 3.02. The third-order valence-electron chi connectivity index (χ3n) is 5.57. The van der Waals surface area contributed by atoms with Gasteiger partial charge >= 0.3 is 0 Å². The van der Waals surface area contributed by atoms with Crippen molar-refractivity contribution < 1.29 is 9.15 Å². The zero-order valence-corrected chi connectivity index (χ0v) is 14.0. The number of nitrogens with zero attached hydrogens (tertiary/aromatic N) is 1. The van der Waals surface area contributed by atoms with E-state index in [0.717, 1.165) is 23.7 Å². The molecule has 23 heavy (non-hydrogen) atoms. The second-order valence-corrected chi connectivity index (χ2v) is 6.88. The molecule has 3 nitrogen and oxygen atoms in total. The van der Waals surface area contributed by atoms with Crippen molar-refractivity contribution in [3.8, 4) is 5.75 Å². The normalized spacial score (nSPS) is 25.1. The molecular formula is C20H25NO2. The van der Waals surface area contributed by atoms with E-state index in [1.807, 2.05) is 18.4 Å². The van der Waals surface area contributed by atoms with Crippen molar-refractivity contribution in [3.63, 3.8) is 0 Å². The fraction of sp³-hybridized carbons (Fsp3) is 0.500. The second kappa shape index (κ2) is 6.04. The number of fused-ring (bicyclic) bond motifs is 3. The summed E-state index contributed by atoms with van der Waals surface area (Å²) in [6.45, 7) is 3.53. The Hall–Kier alpha value is -1.74. The number of furan rings is 1. The average molecular weight is 311 g/mol. The van der Waals surface area contributed by atoms with Gasteiger partial charge in [0.1, 0.15) is 11.3 Å². The third-order valence-corrected chi connectivity index (χ3v) is 5.57. The first-order chi connectivity index (χ1) is 11.3. The van der Waals surface area contributed by atoms with Crippen molar-refractivity contribution in [1.29, 1.82) is 0 Å². The van der Waals surface area contributed by atoms with E-state index < -0.39 is 0 Å². The van der Waals surface area contributed by atoms with E-state index in [0.29, 0.717) is 12.1 Å². The number of benzene rings is 1. The highest BCUT2D eigenvalue weighted by Crippen LogP contribution is 2.34. The van der Waals surface area contributed by atoms with Gasteiger partial charge in [0.05, 0.1) is 13.4 Å². The molecule has 5 rings (SSSR count). The molecule has 1 fully saturated rings. The van der Waals surface area contributed by atoms with E-state index in [1.54, 1.807) is 7.11 Å². The SMILES string of the molecule is CC[C@@H](Cc1coc2ccc(OC)cc12)N1CC2C=CC1CC2. The van der Waals surface area contributed by atoms with Gasteiger partial charge in [-0.25, -0.2) is 0 Å². The van der Waals surface area contributed by atoms with Gasteiger partial charge in [0.25, 0.3) is 0 Å². The maximum Gasteiger partial charge on any atom is 0.134 e. The lowest BCUT2D eigenvalue weighted by molar-refractivity contribution is 0.0847. The molecule has 0 radical (unpaired) electrons. The molecule has 1 saturated heterocycles. The summed E-state index contributed by atoms with van der Waals surface area (Å²) in [5.41, 5.74) is 2.26. The van der Waals surface area contributed by atoms with Crippen LogP contribution in [0.4, 0.5) is 0 Å². The van der Waals surface area contributed by atoms with Crippen LogP contribution in [0, 0.1) is 5.92 Å². The van der Waals surface area contributed by atoms with Crippen LogP contribution in [0.2, 0.25) is 0 Å². The Morgan fingerprint density at radius 2 is 2.22 bits per heavy atom. The Morgan fingerprint density at radius 1 is 1.30 bits per heavy atom. The number of ether oxygens (including phenoxy) is 1. The molecule has 0 spiro atoms. The predicted octanol–water partition coefficient (Wildman–Crippen LogP) is 4.41. The molecule has 1 aromatic heterocycles. The van der Waals surface area contributed by atoms with E-state index in [1.165, 1.54) is 36.8 Å². The topological polar surface area (TPSA) is 25.6 Å². The molecule has 1 aromatic carbocycles. The van der Waals surface area contributed by atoms with Gasteiger partial charge in [-0.05, 0) is 55.4 Å². The van der Waals surface area contributed by atoms with E-state index in [-0.39, 0.29) is 0 Å². The molecule has 2 aromatic rings. The Kier molecular flexibility index (Phi) is 3.90. The monoisotopic (exact) mass is 311 g/mol. The van der Waals surface area contributed by atoms with Gasteiger partial charge in [-0.1, -0.05) is 19.1 Å². The van der Waals surface area contributed by atoms with Crippen molar-refractivity contribution in [1.82, 2.24) is 4.90 Å². The summed E-state index contributed by atoms with van der Waals surface area (Å²) in [4.78, 5) is 2.72. The Bertz CT molecular complexity index is 718. The molecule has 2 unspecified atom stereocenters. The largest absolute Gasteiger partial charge is 0.497 e. The van der Waals surface area contributed by atoms with E-state index in [9.17, 15) is 0 Å². The second-order valence-electron chi connectivity index (χ2n) is 6.88. The lowest BCUT2D eigenvalue weighted by Crippen LogP contribution is -2.50. The molecule has 2 aliphatic heterocycles. The van der Waals surface area contributed by atoms with Gasteiger partial charge < -0.3 is 9.15 Å². The minimum absolute atomic E-state index is 0.583. The van der Waals surface area contributed by atoms with Crippen LogP contribution in [-0.2, 0) is 6.42 Å². The molecule has 0 saturated carbocycles. The van der Waals surface area contributed by atoms with Gasteiger partial charge in [-0.3, -0.25) is 4.90 Å². The molecule has 3 heteroatoms. The molecular weight excluding hydrogens is 286 g/mol. The first-order valence-corrected chi connectivity index (χ1v) is 8.76. The molecule has 3 aliphatic rings. The van der Waals surface area contributed by atoms with E-state index >= 15 is 0 Å². The molecule has 1 aliphatic carbocycles. The Labute approximate surface area is 137 Å². The quantitative estimate of drug-likeness (QED) is 0.765. The summed E-state index contributed by atoms with van der Waals surface area (Å²) in [5.74, 6) is 1.66. The van der Waals surface area contributed by atoms with Gasteiger partial charge in [-0.2, -0.15) is 0 Å². The summed E-state index contributed by atoms with van der Waals surface area (Å²) in [6.07, 6.45) is 11.7. The number of piperidine rings is 1. The lowest BCUT2D eigenvalue weighted by atomic mass is 9.84. The Balaban J connectivity index is 1.59. The summed E-state index contributed by atoms with van der Waals surface area (Å²) in [7, 11) is 1.71. The fourth-order valence-corrected chi connectivity index (χ4v) is 4.21. The standard InChI is InChI=1S/C20H25NO2/c1-3-16(21-12-14-4-6-17(21)7-5-14)10-15-13-23-20-9-8-18(22-2)11-19(15)20/h4,6,8-9,11,13-14,16-17H,3,5,7,10,12H2,1-2H3/t14?,16-,17?/m0/s1. The lowest BCUT2D eigenvalue weighted by Gasteiger charge is -2.45. The molecule has 122 valence electrons. The molecule has 3 heterocycles. The van der Waals surface area contributed by atoms with Gasteiger partial charge in [-0.15, -0.1) is 0 Å². The number of methoxy groups -OCH3 is 1. The first kappa shape index (κ1) is 14.8. The van der Waals surface area contributed by atoms with E-state index in [2.05, 4.69) is 30.0 Å². The first-order valence-electron chi connectivity index (χ1n) is 8.76. The van der Waals surface area contributed by atoms with Crippen molar-refractivity contribution in [3.05, 3.63) is 42.2 Å². The van der Waals surface area contributed by atoms with Crippen molar-refractivity contribution in [2.45, 2.75) is 44.7 Å². The van der Waals surface area contributed by atoms with E-state index in [4.69, 9.17) is 9.15 Å². The van der Waals surface area contributed by atoms with Crippen molar-refractivity contribution in [2.24, 2.45) is 5.92 Å². The minimum atomic E-state index is 0.583. The minimum Gasteiger partial charge on any atom is -0.497 e. The highest BCUT2D eigenvalue weighted by molar-refractivity contribution is 5.82. The fourth-order valence-electron chi connectivity index (χ4n) is 4.21. The summed E-state index contributed by atoms with van der Waals surface area (Å²) in [5, 5.41) is 1.19. The maximum absolute atomic E-state index is 5.76. The van der Waals surface area contributed by atoms with Gasteiger partial charge in [0, 0.05) is 24.0 Å². The van der Waals surface area contributed by atoms with Gasteiger partial charge in [0.15, 0.2) is 0 Å². The molecule has 0 amide bonds. The number of hydrogen-bond donors (Lipinski definition) is 0. The summed E-state index contributed by atoms with van der Waals surface area (Å²) in [6, 6.07) is 7.28.